The predicted octanol–water partition coefficient (Wildman–Crippen LogP) is 5.97. The Hall–Kier alpha value is -5.84. The number of ether oxygens (including phenoxy) is 2. The van der Waals surface area contributed by atoms with Crippen molar-refractivity contribution in [3.8, 4) is 11.5 Å². The number of imide groups is 1. The third-order valence-corrected chi connectivity index (χ3v) is 9.83. The molecule has 0 bridgehead atoms. The molecule has 3 amide bonds. The van der Waals surface area contributed by atoms with Crippen LogP contribution in [0.2, 0.25) is 0 Å². The number of hydrogen-bond donors (Lipinski definition) is 0. The summed E-state index contributed by atoms with van der Waals surface area (Å²) in [6.45, 7) is -0.263. The Labute approximate surface area is 283 Å². The van der Waals surface area contributed by atoms with E-state index in [1.165, 1.54) is 9.91 Å². The molecule has 1 saturated heterocycles. The first-order valence-electron chi connectivity index (χ1n) is 16.4. The summed E-state index contributed by atoms with van der Waals surface area (Å²) < 4.78 is 10.7. The fourth-order valence-electron chi connectivity index (χ4n) is 7.45. The molecule has 2 fully saturated rings. The van der Waals surface area contributed by atoms with Crippen molar-refractivity contribution >= 4 is 46.0 Å². The summed E-state index contributed by atoms with van der Waals surface area (Å²) >= 11 is 0. The number of fused-ring (bicyclic) bond motifs is 3. The highest BCUT2D eigenvalue weighted by atomic mass is 16.5. The third-order valence-electron chi connectivity index (χ3n) is 9.83. The van der Waals surface area contributed by atoms with Crippen molar-refractivity contribution in [2.45, 2.75) is 37.4 Å². The van der Waals surface area contributed by atoms with E-state index in [9.17, 15) is 14.4 Å². The van der Waals surface area contributed by atoms with E-state index < -0.39 is 23.9 Å². The van der Waals surface area contributed by atoms with Crippen LogP contribution in [0.5, 0.6) is 11.5 Å². The third kappa shape index (κ3) is 5.22. The van der Waals surface area contributed by atoms with E-state index >= 15 is 0 Å². The van der Waals surface area contributed by atoms with E-state index in [1.807, 2.05) is 84.9 Å². The Morgan fingerprint density at radius 3 is 2.33 bits per heavy atom. The quantitative estimate of drug-likeness (QED) is 0.227. The van der Waals surface area contributed by atoms with E-state index in [0.29, 0.717) is 11.4 Å². The Kier molecular flexibility index (Phi) is 7.66. The number of amides is 3. The van der Waals surface area contributed by atoms with Crippen molar-refractivity contribution < 1.29 is 23.9 Å². The molecule has 246 valence electrons. The van der Waals surface area contributed by atoms with Crippen LogP contribution in [0.25, 0.3) is 16.8 Å². The van der Waals surface area contributed by atoms with Crippen LogP contribution in [0.3, 0.4) is 0 Å². The molecule has 0 spiro atoms. The molecule has 1 aliphatic carbocycles. The van der Waals surface area contributed by atoms with Gasteiger partial charge in [0, 0.05) is 11.3 Å². The van der Waals surface area contributed by atoms with Crippen LogP contribution in [0.1, 0.15) is 36.4 Å². The minimum absolute atomic E-state index is 0.0277. The Balaban J connectivity index is 1.10. The van der Waals surface area contributed by atoms with Crippen LogP contribution in [-0.2, 0) is 14.4 Å². The predicted molar refractivity (Wildman–Crippen MR) is 184 cm³/mol. The van der Waals surface area contributed by atoms with Crippen LogP contribution >= 0.6 is 0 Å². The minimum Gasteiger partial charge on any atom is -0.497 e. The van der Waals surface area contributed by atoms with Crippen molar-refractivity contribution in [1.82, 2.24) is 10.0 Å². The molecule has 4 aliphatic rings. The lowest BCUT2D eigenvalue weighted by Gasteiger charge is -2.30. The van der Waals surface area contributed by atoms with E-state index in [1.54, 1.807) is 25.3 Å². The highest BCUT2D eigenvalue weighted by Crippen LogP contribution is 2.45. The first-order valence-corrected chi connectivity index (χ1v) is 16.4. The minimum atomic E-state index is -1.02. The molecular weight excluding hydrogens is 620 g/mol. The van der Waals surface area contributed by atoms with E-state index in [2.05, 4.69) is 16.4 Å². The van der Waals surface area contributed by atoms with Crippen molar-refractivity contribution in [2.75, 3.05) is 25.7 Å². The SMILES string of the molecule is COc1ccc(/C=C2\CCC[C@H]3C2=NN(C(=O)CN2N=N[C@@H]4C(=O)N(c5cccc6ccccc56)C(=O)[C@@H]42)[C@@H]3c2ccc(OC)cc2)cc1. The molecule has 1 saturated carbocycles. The molecule has 4 aromatic rings. The molecule has 8 rings (SSSR count). The maximum atomic E-state index is 14.3. The number of nitrogens with zero attached hydrogens (tertiary/aromatic N) is 6. The molecule has 0 N–H and O–H groups in total. The summed E-state index contributed by atoms with van der Waals surface area (Å²) in [5.41, 5.74) is 4.41. The zero-order valence-corrected chi connectivity index (χ0v) is 27.1. The number of allylic oxidation sites excluding steroid dienone is 1. The monoisotopic (exact) mass is 654 g/mol. The lowest BCUT2D eigenvalue weighted by atomic mass is 9.77. The average Bonchev–Trinajstić information content (AvgIpc) is 3.81. The van der Waals surface area contributed by atoms with Gasteiger partial charge in [0.15, 0.2) is 12.1 Å². The largest absolute Gasteiger partial charge is 0.497 e. The Morgan fingerprint density at radius 2 is 1.57 bits per heavy atom. The summed E-state index contributed by atoms with van der Waals surface area (Å²) in [6, 6.07) is 26.3. The number of carbonyl (C=O) groups is 3. The number of methoxy groups -OCH3 is 2. The maximum absolute atomic E-state index is 14.3. The molecule has 0 radical (unpaired) electrons. The second-order valence-corrected chi connectivity index (χ2v) is 12.6. The van der Waals surface area contributed by atoms with Crippen LogP contribution in [0.4, 0.5) is 5.69 Å². The zero-order chi connectivity index (χ0) is 33.6. The standard InChI is InChI=1S/C38H34N6O5/c1-48-27-17-13-23(14-18-27)21-26-9-5-11-30-33(26)40-44(35(30)25-15-19-28(49-2)20-16-25)32(45)22-42-36-34(39-41-42)37(46)43(38(36)47)31-12-6-8-24-7-3-4-10-29(24)31/h3-4,6-8,10,12-21,30,34-36H,5,9,11,22H2,1-2H3/b26-21+/t30-,34-,35+,36+/m0/s1. The average molecular weight is 655 g/mol. The smallest absolute Gasteiger partial charge is 0.264 e. The van der Waals surface area contributed by atoms with Gasteiger partial charge in [0.25, 0.3) is 17.7 Å². The van der Waals surface area contributed by atoms with Crippen molar-refractivity contribution in [1.29, 1.82) is 0 Å². The number of hydrazone groups is 1. The van der Waals surface area contributed by atoms with Gasteiger partial charge < -0.3 is 9.47 Å². The van der Waals surface area contributed by atoms with Gasteiger partial charge in [0.1, 0.15) is 18.0 Å². The molecule has 11 heteroatoms. The Morgan fingerprint density at radius 1 is 0.857 bits per heavy atom. The highest BCUT2D eigenvalue weighted by molar-refractivity contribution is 6.27. The number of carbonyl (C=O) groups excluding carboxylic acids is 3. The molecule has 0 aromatic heterocycles. The molecule has 49 heavy (non-hydrogen) atoms. The highest BCUT2D eigenvalue weighted by Gasteiger charge is 2.56. The number of benzene rings is 4. The normalized spacial score (nSPS) is 23.7. The van der Waals surface area contributed by atoms with E-state index in [-0.39, 0.29) is 24.4 Å². The van der Waals surface area contributed by atoms with Crippen molar-refractivity contribution in [2.24, 2.45) is 21.4 Å². The fraction of sp³-hybridized carbons (Fsp3) is 0.263. The molecule has 4 aromatic carbocycles. The summed E-state index contributed by atoms with van der Waals surface area (Å²) in [7, 11) is 3.26. The van der Waals surface area contributed by atoms with E-state index in [0.717, 1.165) is 58.2 Å². The van der Waals surface area contributed by atoms with Crippen LogP contribution in [0.15, 0.2) is 112 Å². The van der Waals surface area contributed by atoms with Crippen LogP contribution < -0.4 is 14.4 Å². The first-order chi connectivity index (χ1) is 23.9. The van der Waals surface area contributed by atoms with Gasteiger partial charge in [-0.2, -0.15) is 10.2 Å². The van der Waals surface area contributed by atoms with Gasteiger partial charge in [-0.1, -0.05) is 65.9 Å². The second kappa shape index (κ2) is 12.3. The molecule has 4 atom stereocenters. The van der Waals surface area contributed by atoms with Crippen LogP contribution in [-0.4, -0.2) is 66.3 Å². The second-order valence-electron chi connectivity index (χ2n) is 12.6. The molecule has 3 aliphatic heterocycles. The number of rotatable bonds is 7. The fourth-order valence-corrected chi connectivity index (χ4v) is 7.45. The molecular formula is C38H34N6O5. The number of anilines is 1. The maximum Gasteiger partial charge on any atom is 0.264 e. The first kappa shape index (κ1) is 30.5. The van der Waals surface area contributed by atoms with Gasteiger partial charge in [0.2, 0.25) is 0 Å². The summed E-state index contributed by atoms with van der Waals surface area (Å²) in [5, 5.41) is 17.9. The molecule has 0 unspecified atom stereocenters. The van der Waals surface area contributed by atoms with Gasteiger partial charge in [-0.3, -0.25) is 19.4 Å². The Bertz CT molecular complexity index is 2050. The van der Waals surface area contributed by atoms with Gasteiger partial charge >= 0.3 is 0 Å². The summed E-state index contributed by atoms with van der Waals surface area (Å²) in [6.07, 6.45) is 4.78. The van der Waals surface area contributed by atoms with E-state index in [4.69, 9.17) is 14.6 Å². The molecule has 3 heterocycles. The number of hydrogen-bond acceptors (Lipinski definition) is 9. The van der Waals surface area contributed by atoms with Gasteiger partial charge in [0.05, 0.1) is 31.7 Å². The summed E-state index contributed by atoms with van der Waals surface area (Å²) in [5.74, 6) is 0.217. The van der Waals surface area contributed by atoms with Gasteiger partial charge in [-0.15, -0.1) is 0 Å². The molecule has 11 nitrogen and oxygen atoms in total. The van der Waals surface area contributed by atoms with Crippen molar-refractivity contribution in [3.63, 3.8) is 0 Å². The lowest BCUT2D eigenvalue weighted by molar-refractivity contribution is -0.136. The van der Waals surface area contributed by atoms with Crippen molar-refractivity contribution in [3.05, 3.63) is 108 Å². The topological polar surface area (TPSA) is 116 Å². The van der Waals surface area contributed by atoms with Gasteiger partial charge in [-0.05, 0) is 77.8 Å². The van der Waals surface area contributed by atoms with Gasteiger partial charge in [-0.25, -0.2) is 9.91 Å². The summed E-state index contributed by atoms with van der Waals surface area (Å²) in [4.78, 5) is 43.0. The lowest BCUT2D eigenvalue weighted by Crippen LogP contribution is -2.45. The van der Waals surface area contributed by atoms with Crippen LogP contribution in [0, 0.1) is 5.92 Å². The zero-order valence-electron chi connectivity index (χ0n) is 27.1.